The van der Waals surface area contributed by atoms with Crippen LogP contribution in [0.15, 0.2) is 60.9 Å². The highest BCUT2D eigenvalue weighted by Gasteiger charge is 2.42. The maximum absolute atomic E-state index is 14.7. The van der Waals surface area contributed by atoms with Gasteiger partial charge in [0.05, 0.1) is 17.3 Å². The molecule has 0 radical (unpaired) electrons. The van der Waals surface area contributed by atoms with Crippen LogP contribution in [-0.4, -0.2) is 38.3 Å². The Morgan fingerprint density at radius 1 is 1.06 bits per heavy atom. The highest BCUT2D eigenvalue weighted by molar-refractivity contribution is 5.98. The zero-order valence-corrected chi connectivity index (χ0v) is 20.0. The Balaban J connectivity index is 1.47. The molecule has 2 bridgehead atoms. The van der Waals surface area contributed by atoms with Gasteiger partial charge >= 0.3 is 0 Å². The maximum Gasteiger partial charge on any atom is 0.254 e. The lowest BCUT2D eigenvalue weighted by Gasteiger charge is -2.38. The Labute approximate surface area is 208 Å². The molecule has 6 nitrogen and oxygen atoms in total. The van der Waals surface area contributed by atoms with Gasteiger partial charge in [0.25, 0.3) is 5.91 Å². The number of imidazole rings is 1. The number of hydrogen-bond donors (Lipinski definition) is 1. The van der Waals surface area contributed by atoms with Gasteiger partial charge in [-0.15, -0.1) is 0 Å². The van der Waals surface area contributed by atoms with E-state index in [0.717, 1.165) is 53.7 Å². The van der Waals surface area contributed by atoms with Gasteiger partial charge in [0, 0.05) is 29.9 Å². The first-order chi connectivity index (χ1) is 17.4. The number of benzene rings is 2. The molecule has 0 aliphatic carbocycles. The van der Waals surface area contributed by atoms with Gasteiger partial charge in [0.2, 0.25) is 0 Å². The number of nitrogens with two attached hydrogens (primary N) is 1. The minimum Gasteiger partial charge on any atom is -0.333 e. The van der Waals surface area contributed by atoms with E-state index in [1.165, 1.54) is 12.1 Å². The molecule has 4 aromatic rings. The van der Waals surface area contributed by atoms with E-state index in [4.69, 9.17) is 5.73 Å². The fourth-order valence-corrected chi connectivity index (χ4v) is 5.94. The number of pyridine rings is 1. The standard InChI is InChI=1S/C29H26FN5O/c1-17-33-16-25-10-19(8-9-34(17)25)26-7-4-20(11-27(26)18-2-3-21(15-31)28(30)12-18)29(36)35-23-5-6-24(35)14-22(32)13-23/h2-4,7-12,16,22-24H,5-6,13-14,32H2,1H3/t22?,23-,24+. The fourth-order valence-electron chi connectivity index (χ4n) is 5.94. The number of carbonyl (C=O) groups excluding carboxylic acids is 1. The van der Waals surface area contributed by atoms with E-state index in [1.807, 2.05) is 65.0 Å². The van der Waals surface area contributed by atoms with E-state index in [-0.39, 0.29) is 29.6 Å². The molecule has 1 amide bonds. The predicted molar refractivity (Wildman–Crippen MR) is 136 cm³/mol. The second-order valence-electron chi connectivity index (χ2n) is 9.91. The number of aromatic nitrogens is 2. The normalized spacial score (nSPS) is 21.1. The molecule has 6 rings (SSSR count). The monoisotopic (exact) mass is 479 g/mol. The lowest BCUT2D eigenvalue weighted by Crippen LogP contribution is -2.50. The largest absolute Gasteiger partial charge is 0.333 e. The molecule has 2 aliphatic heterocycles. The first-order valence-corrected chi connectivity index (χ1v) is 12.3. The van der Waals surface area contributed by atoms with Crippen molar-refractivity contribution in [2.24, 2.45) is 5.73 Å². The number of rotatable bonds is 3. The first-order valence-electron chi connectivity index (χ1n) is 12.3. The highest BCUT2D eigenvalue weighted by atomic mass is 19.1. The molecule has 2 fully saturated rings. The highest BCUT2D eigenvalue weighted by Crippen LogP contribution is 2.38. The molecule has 2 aliphatic rings. The summed E-state index contributed by atoms with van der Waals surface area (Å²) < 4.78 is 16.7. The summed E-state index contributed by atoms with van der Waals surface area (Å²) in [6.07, 6.45) is 7.41. The van der Waals surface area contributed by atoms with Crippen molar-refractivity contribution in [3.05, 3.63) is 83.7 Å². The van der Waals surface area contributed by atoms with Gasteiger partial charge in [0.15, 0.2) is 0 Å². The van der Waals surface area contributed by atoms with Crippen LogP contribution < -0.4 is 5.73 Å². The number of hydrogen-bond acceptors (Lipinski definition) is 4. The number of halogens is 1. The van der Waals surface area contributed by atoms with Crippen LogP contribution in [-0.2, 0) is 0 Å². The number of nitrogens with zero attached hydrogens (tertiary/aromatic N) is 4. The average molecular weight is 480 g/mol. The van der Waals surface area contributed by atoms with Crippen LogP contribution in [0.1, 0.15) is 47.4 Å². The van der Waals surface area contributed by atoms with Gasteiger partial charge < -0.3 is 15.0 Å². The predicted octanol–water partition coefficient (Wildman–Crippen LogP) is 5.08. The van der Waals surface area contributed by atoms with Crippen molar-refractivity contribution >= 4 is 11.4 Å². The lowest BCUT2D eigenvalue weighted by atomic mass is 9.91. The van der Waals surface area contributed by atoms with Crippen molar-refractivity contribution in [3.63, 3.8) is 0 Å². The second kappa shape index (κ2) is 8.58. The zero-order valence-electron chi connectivity index (χ0n) is 20.0. The van der Waals surface area contributed by atoms with Crippen LogP contribution in [0.3, 0.4) is 0 Å². The van der Waals surface area contributed by atoms with Crippen molar-refractivity contribution in [2.45, 2.75) is 50.7 Å². The van der Waals surface area contributed by atoms with Crippen LogP contribution >= 0.6 is 0 Å². The van der Waals surface area contributed by atoms with E-state index in [0.29, 0.717) is 11.1 Å². The van der Waals surface area contributed by atoms with Gasteiger partial charge in [-0.05, 0) is 91.3 Å². The van der Waals surface area contributed by atoms with Crippen molar-refractivity contribution in [2.75, 3.05) is 0 Å². The zero-order chi connectivity index (χ0) is 25.0. The average Bonchev–Trinajstić information content (AvgIpc) is 3.39. The summed E-state index contributed by atoms with van der Waals surface area (Å²) in [6.45, 7) is 1.94. The smallest absolute Gasteiger partial charge is 0.254 e. The molecule has 2 aromatic carbocycles. The minimum atomic E-state index is -0.581. The van der Waals surface area contributed by atoms with Crippen molar-refractivity contribution in [1.29, 1.82) is 5.26 Å². The van der Waals surface area contributed by atoms with Crippen molar-refractivity contribution in [1.82, 2.24) is 14.3 Å². The topological polar surface area (TPSA) is 87.4 Å². The third-order valence-corrected chi connectivity index (χ3v) is 7.70. The van der Waals surface area contributed by atoms with Crippen molar-refractivity contribution in [3.8, 4) is 28.3 Å². The summed E-state index contributed by atoms with van der Waals surface area (Å²) in [5.41, 5.74) is 10.9. The summed E-state index contributed by atoms with van der Waals surface area (Å²) in [6, 6.07) is 16.7. The third kappa shape index (κ3) is 3.66. The number of aryl methyl sites for hydroxylation is 1. The van der Waals surface area contributed by atoms with E-state index < -0.39 is 5.82 Å². The molecule has 1 unspecified atom stereocenters. The van der Waals surface area contributed by atoms with Crippen LogP contribution in [0, 0.1) is 24.1 Å². The molecule has 0 saturated carbocycles. The number of carbonyl (C=O) groups is 1. The third-order valence-electron chi connectivity index (χ3n) is 7.70. The lowest BCUT2D eigenvalue weighted by molar-refractivity contribution is 0.0575. The van der Waals surface area contributed by atoms with Gasteiger partial charge in [-0.1, -0.05) is 12.1 Å². The quantitative estimate of drug-likeness (QED) is 0.444. The Morgan fingerprint density at radius 2 is 1.81 bits per heavy atom. The Kier molecular flexibility index (Phi) is 5.35. The number of nitriles is 1. The van der Waals surface area contributed by atoms with Crippen LogP contribution in [0.2, 0.25) is 0 Å². The molecular weight excluding hydrogens is 453 g/mol. The fraction of sp³-hybridized carbons (Fsp3) is 0.276. The number of amides is 1. The Hall–Kier alpha value is -4.02. The molecule has 0 spiro atoms. The Bertz CT molecular complexity index is 1540. The van der Waals surface area contributed by atoms with E-state index in [1.54, 1.807) is 6.07 Å². The molecule has 180 valence electrons. The molecule has 36 heavy (non-hydrogen) atoms. The Morgan fingerprint density at radius 3 is 2.53 bits per heavy atom. The van der Waals surface area contributed by atoms with Crippen LogP contribution in [0.25, 0.3) is 27.8 Å². The van der Waals surface area contributed by atoms with Crippen molar-refractivity contribution < 1.29 is 9.18 Å². The van der Waals surface area contributed by atoms with E-state index in [9.17, 15) is 14.4 Å². The molecular formula is C29H26FN5O. The SMILES string of the molecule is Cc1ncc2cc(-c3ccc(C(=O)N4[C@@H]5CC[C@H]4CC(N)C5)cc3-c3ccc(C#N)c(F)c3)ccn12. The first kappa shape index (κ1) is 22.4. The van der Waals surface area contributed by atoms with Gasteiger partial charge in [-0.25, -0.2) is 9.37 Å². The summed E-state index contributed by atoms with van der Waals surface area (Å²) >= 11 is 0. The maximum atomic E-state index is 14.7. The van der Waals surface area contributed by atoms with Gasteiger partial charge in [-0.2, -0.15) is 5.26 Å². The summed E-state index contributed by atoms with van der Waals surface area (Å²) in [5.74, 6) is 0.309. The molecule has 2 aromatic heterocycles. The molecule has 2 N–H and O–H groups in total. The van der Waals surface area contributed by atoms with Gasteiger partial charge in [0.1, 0.15) is 17.7 Å². The summed E-state index contributed by atoms with van der Waals surface area (Å²) in [4.78, 5) is 20.1. The molecule has 4 heterocycles. The van der Waals surface area contributed by atoms with Crippen LogP contribution in [0.4, 0.5) is 4.39 Å². The summed E-state index contributed by atoms with van der Waals surface area (Å²) in [7, 11) is 0. The molecule has 7 heteroatoms. The second-order valence-corrected chi connectivity index (χ2v) is 9.91. The molecule has 2 saturated heterocycles. The molecule has 3 atom stereocenters. The van der Waals surface area contributed by atoms with E-state index >= 15 is 0 Å². The van der Waals surface area contributed by atoms with E-state index in [2.05, 4.69) is 4.98 Å². The van der Waals surface area contributed by atoms with Crippen LogP contribution in [0.5, 0.6) is 0 Å². The number of piperidine rings is 1. The number of fused-ring (bicyclic) bond motifs is 3. The minimum absolute atomic E-state index is 0.00168. The summed E-state index contributed by atoms with van der Waals surface area (Å²) in [5, 5.41) is 9.19. The van der Waals surface area contributed by atoms with Gasteiger partial charge in [-0.3, -0.25) is 4.79 Å².